The lowest BCUT2D eigenvalue weighted by atomic mass is 10.1. The molecule has 0 aliphatic heterocycles. The lowest BCUT2D eigenvalue weighted by Crippen LogP contribution is -2.28. The van der Waals surface area contributed by atoms with E-state index in [1.54, 1.807) is 0 Å². The minimum Gasteiger partial charge on any atom is -0.358 e. The van der Waals surface area contributed by atoms with E-state index in [0.29, 0.717) is 11.7 Å². The van der Waals surface area contributed by atoms with E-state index >= 15 is 0 Å². The van der Waals surface area contributed by atoms with Crippen LogP contribution in [0.2, 0.25) is 0 Å². The maximum absolute atomic E-state index is 5.33. The van der Waals surface area contributed by atoms with Crippen molar-refractivity contribution in [2.75, 3.05) is 5.32 Å². The Morgan fingerprint density at radius 2 is 1.95 bits per heavy atom. The van der Waals surface area contributed by atoms with Crippen LogP contribution in [0, 0.1) is 6.92 Å². The highest BCUT2D eigenvalue weighted by Crippen LogP contribution is 2.10. The summed E-state index contributed by atoms with van der Waals surface area (Å²) in [5, 5.41) is 11.5. The third kappa shape index (κ3) is 4.29. The SMILES string of the molecule is CCc1ccc(NC(=S)NCc2cn(CC)nc2C)cc1. The number of rotatable bonds is 5. The van der Waals surface area contributed by atoms with Gasteiger partial charge in [0.05, 0.1) is 5.69 Å². The Bertz CT molecular complexity index is 601. The molecule has 0 spiro atoms. The molecule has 4 nitrogen and oxygen atoms in total. The predicted molar refractivity (Wildman–Crippen MR) is 91.5 cm³/mol. The highest BCUT2D eigenvalue weighted by Gasteiger charge is 2.05. The zero-order valence-corrected chi connectivity index (χ0v) is 13.6. The number of hydrogen-bond acceptors (Lipinski definition) is 2. The quantitative estimate of drug-likeness (QED) is 0.832. The van der Waals surface area contributed by atoms with Crippen molar-refractivity contribution in [1.82, 2.24) is 15.1 Å². The van der Waals surface area contributed by atoms with E-state index in [4.69, 9.17) is 12.2 Å². The van der Waals surface area contributed by atoms with Crippen molar-refractivity contribution in [3.8, 4) is 0 Å². The third-order valence-corrected chi connectivity index (χ3v) is 3.68. The van der Waals surface area contributed by atoms with Crippen molar-refractivity contribution < 1.29 is 0 Å². The Morgan fingerprint density at radius 3 is 2.52 bits per heavy atom. The molecule has 0 amide bonds. The molecule has 1 aromatic carbocycles. The summed E-state index contributed by atoms with van der Waals surface area (Å²) < 4.78 is 1.94. The van der Waals surface area contributed by atoms with Crippen LogP contribution in [0.1, 0.15) is 30.7 Å². The van der Waals surface area contributed by atoms with Gasteiger partial charge in [0.1, 0.15) is 0 Å². The van der Waals surface area contributed by atoms with Crippen LogP contribution in [0.3, 0.4) is 0 Å². The van der Waals surface area contributed by atoms with Crippen molar-refractivity contribution in [1.29, 1.82) is 0 Å². The van der Waals surface area contributed by atoms with Gasteiger partial charge in [-0.15, -0.1) is 0 Å². The molecule has 1 aromatic heterocycles. The molecule has 0 saturated heterocycles. The minimum atomic E-state index is 0.628. The van der Waals surface area contributed by atoms with Gasteiger partial charge in [-0.3, -0.25) is 4.68 Å². The molecule has 0 fully saturated rings. The van der Waals surface area contributed by atoms with Gasteiger partial charge in [0.15, 0.2) is 5.11 Å². The third-order valence-electron chi connectivity index (χ3n) is 3.43. The van der Waals surface area contributed by atoms with Gasteiger partial charge in [-0.2, -0.15) is 5.10 Å². The molecule has 21 heavy (non-hydrogen) atoms. The zero-order valence-electron chi connectivity index (χ0n) is 12.8. The van der Waals surface area contributed by atoms with Gasteiger partial charge in [-0.05, 0) is 50.2 Å². The van der Waals surface area contributed by atoms with Crippen molar-refractivity contribution in [2.24, 2.45) is 0 Å². The molecule has 5 heteroatoms. The summed E-state index contributed by atoms with van der Waals surface area (Å²) in [5.74, 6) is 0. The number of aryl methyl sites for hydroxylation is 3. The van der Waals surface area contributed by atoms with E-state index in [1.807, 2.05) is 23.7 Å². The van der Waals surface area contributed by atoms with Gasteiger partial charge in [0.2, 0.25) is 0 Å². The lowest BCUT2D eigenvalue weighted by Gasteiger charge is -2.10. The fraction of sp³-hybridized carbons (Fsp3) is 0.375. The number of aromatic nitrogens is 2. The summed E-state index contributed by atoms with van der Waals surface area (Å²) in [7, 11) is 0. The van der Waals surface area contributed by atoms with Crippen molar-refractivity contribution in [2.45, 2.75) is 40.3 Å². The molecule has 0 radical (unpaired) electrons. The molecule has 2 N–H and O–H groups in total. The summed E-state index contributed by atoms with van der Waals surface area (Å²) in [6.07, 6.45) is 3.10. The van der Waals surface area contributed by atoms with Crippen LogP contribution in [-0.4, -0.2) is 14.9 Å². The Kier molecular flexibility index (Phi) is 5.33. The van der Waals surface area contributed by atoms with Crippen LogP contribution in [0.5, 0.6) is 0 Å². The molecule has 2 rings (SSSR count). The minimum absolute atomic E-state index is 0.628. The Labute approximate surface area is 131 Å². The molecule has 112 valence electrons. The van der Waals surface area contributed by atoms with Gasteiger partial charge in [-0.1, -0.05) is 19.1 Å². The van der Waals surface area contributed by atoms with E-state index in [0.717, 1.165) is 24.3 Å². The number of hydrogen-bond donors (Lipinski definition) is 2. The lowest BCUT2D eigenvalue weighted by molar-refractivity contribution is 0.653. The first-order chi connectivity index (χ1) is 10.1. The van der Waals surface area contributed by atoms with Crippen molar-refractivity contribution in [3.05, 3.63) is 47.3 Å². The molecule has 0 saturated carbocycles. The van der Waals surface area contributed by atoms with Crippen LogP contribution in [0.4, 0.5) is 5.69 Å². The van der Waals surface area contributed by atoms with Crippen molar-refractivity contribution in [3.63, 3.8) is 0 Å². The average Bonchev–Trinajstić information content (AvgIpc) is 2.86. The number of anilines is 1. The summed E-state index contributed by atoms with van der Waals surface area (Å²) in [6, 6.07) is 8.32. The summed E-state index contributed by atoms with van der Waals surface area (Å²) >= 11 is 5.33. The summed E-state index contributed by atoms with van der Waals surface area (Å²) in [5.41, 5.74) is 4.54. The number of thiocarbonyl (C=S) groups is 1. The Morgan fingerprint density at radius 1 is 1.24 bits per heavy atom. The molecular formula is C16H22N4S. The normalized spacial score (nSPS) is 10.4. The van der Waals surface area contributed by atoms with E-state index in [1.165, 1.54) is 11.1 Å². The standard InChI is InChI=1S/C16H22N4S/c1-4-13-6-8-15(9-7-13)18-16(21)17-10-14-11-20(5-2)19-12(14)3/h6-9,11H,4-5,10H2,1-3H3,(H2,17,18,21). The van der Waals surface area contributed by atoms with E-state index in [9.17, 15) is 0 Å². The van der Waals surface area contributed by atoms with Gasteiger partial charge in [0, 0.05) is 30.5 Å². The number of benzene rings is 1. The molecule has 0 aliphatic rings. The summed E-state index contributed by atoms with van der Waals surface area (Å²) in [4.78, 5) is 0. The molecule has 1 heterocycles. The Balaban J connectivity index is 1.87. The van der Waals surface area contributed by atoms with Gasteiger partial charge in [0.25, 0.3) is 0 Å². The van der Waals surface area contributed by atoms with Crippen LogP contribution in [0.15, 0.2) is 30.5 Å². The molecule has 0 aliphatic carbocycles. The second kappa shape index (κ2) is 7.22. The van der Waals surface area contributed by atoms with E-state index < -0.39 is 0 Å². The highest BCUT2D eigenvalue weighted by molar-refractivity contribution is 7.80. The second-order valence-corrected chi connectivity index (χ2v) is 5.36. The second-order valence-electron chi connectivity index (χ2n) is 4.95. The number of nitrogens with zero attached hydrogens (tertiary/aromatic N) is 2. The first-order valence-electron chi connectivity index (χ1n) is 7.29. The number of nitrogens with one attached hydrogen (secondary N) is 2. The first-order valence-corrected chi connectivity index (χ1v) is 7.70. The molecule has 0 unspecified atom stereocenters. The fourth-order valence-electron chi connectivity index (χ4n) is 2.07. The molecule has 0 atom stereocenters. The fourth-order valence-corrected chi connectivity index (χ4v) is 2.26. The zero-order chi connectivity index (χ0) is 15.2. The van der Waals surface area contributed by atoms with E-state index in [2.05, 4.69) is 47.9 Å². The maximum Gasteiger partial charge on any atom is 0.171 e. The van der Waals surface area contributed by atoms with Crippen LogP contribution in [0.25, 0.3) is 0 Å². The average molecular weight is 302 g/mol. The summed E-state index contributed by atoms with van der Waals surface area (Å²) in [6.45, 7) is 7.81. The van der Waals surface area contributed by atoms with Gasteiger partial charge >= 0.3 is 0 Å². The molecule has 2 aromatic rings. The highest BCUT2D eigenvalue weighted by atomic mass is 32.1. The molecule has 0 bridgehead atoms. The topological polar surface area (TPSA) is 41.9 Å². The van der Waals surface area contributed by atoms with Crippen LogP contribution >= 0.6 is 12.2 Å². The predicted octanol–water partition coefficient (Wildman–Crippen LogP) is 3.26. The smallest absolute Gasteiger partial charge is 0.171 e. The van der Waals surface area contributed by atoms with Crippen LogP contribution in [-0.2, 0) is 19.5 Å². The van der Waals surface area contributed by atoms with Crippen molar-refractivity contribution >= 4 is 23.0 Å². The van der Waals surface area contributed by atoms with Gasteiger partial charge < -0.3 is 10.6 Å². The van der Waals surface area contributed by atoms with Crippen LogP contribution < -0.4 is 10.6 Å². The Hall–Kier alpha value is -1.88. The monoisotopic (exact) mass is 302 g/mol. The first kappa shape index (κ1) is 15.5. The molecular weight excluding hydrogens is 280 g/mol. The maximum atomic E-state index is 5.33. The van der Waals surface area contributed by atoms with E-state index in [-0.39, 0.29) is 0 Å². The van der Waals surface area contributed by atoms with Gasteiger partial charge in [-0.25, -0.2) is 0 Å². The largest absolute Gasteiger partial charge is 0.358 e.